The van der Waals surface area contributed by atoms with E-state index in [-0.39, 0.29) is 17.5 Å². The van der Waals surface area contributed by atoms with Crippen molar-refractivity contribution < 1.29 is 23.8 Å². The number of ketones is 1. The van der Waals surface area contributed by atoms with Gasteiger partial charge in [0, 0.05) is 12.7 Å². The molecule has 32 heavy (non-hydrogen) atoms. The fourth-order valence-corrected chi connectivity index (χ4v) is 3.50. The van der Waals surface area contributed by atoms with Crippen molar-refractivity contribution in [2.45, 2.75) is 26.4 Å². The van der Waals surface area contributed by atoms with Crippen molar-refractivity contribution in [1.29, 1.82) is 0 Å². The lowest BCUT2D eigenvalue weighted by molar-refractivity contribution is 0.0276. The topological polar surface area (TPSA) is 88.8 Å². The molecule has 1 heterocycles. The van der Waals surface area contributed by atoms with Gasteiger partial charge in [0.05, 0.1) is 25.5 Å². The van der Waals surface area contributed by atoms with Crippen molar-refractivity contribution in [2.24, 2.45) is 7.05 Å². The Labute approximate surface area is 185 Å². The van der Waals surface area contributed by atoms with Gasteiger partial charge in [-0.2, -0.15) is 0 Å². The zero-order chi connectivity index (χ0) is 23.4. The van der Waals surface area contributed by atoms with E-state index in [4.69, 9.17) is 14.2 Å². The third-order valence-corrected chi connectivity index (χ3v) is 5.33. The number of esters is 1. The molecule has 0 aliphatic carbocycles. The van der Waals surface area contributed by atoms with Crippen LogP contribution in [0.2, 0.25) is 0 Å². The van der Waals surface area contributed by atoms with Crippen molar-refractivity contribution in [2.75, 3.05) is 14.2 Å². The van der Waals surface area contributed by atoms with Gasteiger partial charge in [-0.1, -0.05) is 25.1 Å². The highest BCUT2D eigenvalue weighted by molar-refractivity contribution is 6.02. The molecule has 0 amide bonds. The van der Waals surface area contributed by atoms with Crippen molar-refractivity contribution in [3.63, 3.8) is 0 Å². The average molecular weight is 438 g/mol. The van der Waals surface area contributed by atoms with E-state index in [0.717, 1.165) is 0 Å². The van der Waals surface area contributed by atoms with Crippen LogP contribution < -0.4 is 15.0 Å². The molecule has 3 aromatic rings. The first kappa shape index (κ1) is 22.9. The van der Waals surface area contributed by atoms with Crippen molar-refractivity contribution in [3.8, 4) is 17.2 Å². The highest BCUT2D eigenvalue weighted by Crippen LogP contribution is 2.28. The lowest BCUT2D eigenvalue weighted by atomic mass is 10.0. The van der Waals surface area contributed by atoms with E-state index in [1.54, 1.807) is 43.8 Å². The van der Waals surface area contributed by atoms with Gasteiger partial charge in [0.15, 0.2) is 17.6 Å². The Balaban J connectivity index is 1.92. The van der Waals surface area contributed by atoms with Gasteiger partial charge in [-0.3, -0.25) is 14.3 Å². The first-order valence-corrected chi connectivity index (χ1v) is 10.1. The number of rotatable bonds is 8. The summed E-state index contributed by atoms with van der Waals surface area (Å²) in [5.74, 6) is -0.392. The first-order valence-electron chi connectivity index (χ1n) is 10.1. The third-order valence-electron chi connectivity index (χ3n) is 5.33. The predicted molar refractivity (Wildman–Crippen MR) is 119 cm³/mol. The van der Waals surface area contributed by atoms with E-state index in [1.807, 2.05) is 18.2 Å². The summed E-state index contributed by atoms with van der Waals surface area (Å²) in [5, 5.41) is 0. The molecule has 8 nitrogen and oxygen atoms in total. The van der Waals surface area contributed by atoms with E-state index in [0.29, 0.717) is 22.9 Å². The van der Waals surface area contributed by atoms with Gasteiger partial charge in [-0.05, 0) is 43.7 Å². The zero-order valence-electron chi connectivity index (χ0n) is 18.7. The van der Waals surface area contributed by atoms with Crippen LogP contribution in [0, 0.1) is 6.92 Å². The Morgan fingerprint density at radius 3 is 2.25 bits per heavy atom. The standard InChI is InChI=1S/C24H26N2O6/c1-6-18(32-24(29)16-12-13-19(30-4)20(14-16)31-5)22(27)21-15(2)25(3)26(23(21)28)17-10-8-7-9-11-17/h7-14,18H,6H2,1-5H3. The molecular weight excluding hydrogens is 412 g/mol. The lowest BCUT2D eigenvalue weighted by Crippen LogP contribution is -2.31. The summed E-state index contributed by atoms with van der Waals surface area (Å²) in [6, 6.07) is 13.6. The monoisotopic (exact) mass is 438 g/mol. The predicted octanol–water partition coefficient (Wildman–Crippen LogP) is 3.32. The Bertz CT molecular complexity index is 1190. The quantitative estimate of drug-likeness (QED) is 0.396. The molecule has 0 saturated heterocycles. The molecule has 0 fully saturated rings. The summed E-state index contributed by atoms with van der Waals surface area (Å²) in [6.45, 7) is 3.41. The van der Waals surface area contributed by atoms with Crippen molar-refractivity contribution in [3.05, 3.63) is 75.7 Å². The van der Waals surface area contributed by atoms with Crippen LogP contribution in [-0.4, -0.2) is 41.4 Å². The highest BCUT2D eigenvalue weighted by Gasteiger charge is 2.30. The number of carbonyl (C=O) groups excluding carboxylic acids is 2. The van der Waals surface area contributed by atoms with Crippen LogP contribution in [0.1, 0.15) is 39.8 Å². The molecule has 0 spiro atoms. The van der Waals surface area contributed by atoms with E-state index in [9.17, 15) is 14.4 Å². The number of hydrogen-bond acceptors (Lipinski definition) is 6. The van der Waals surface area contributed by atoms with Gasteiger partial charge in [-0.15, -0.1) is 0 Å². The van der Waals surface area contributed by atoms with E-state index >= 15 is 0 Å². The minimum Gasteiger partial charge on any atom is -0.493 e. The number of Topliss-reactive ketones (excluding diaryl/α,β-unsaturated/α-hetero) is 1. The summed E-state index contributed by atoms with van der Waals surface area (Å²) < 4.78 is 18.9. The van der Waals surface area contributed by atoms with Crippen LogP contribution in [0.5, 0.6) is 11.5 Å². The second-order valence-corrected chi connectivity index (χ2v) is 7.17. The van der Waals surface area contributed by atoms with Gasteiger partial charge in [0.25, 0.3) is 5.56 Å². The molecular formula is C24H26N2O6. The normalized spacial score (nSPS) is 11.7. The fraction of sp³-hybridized carbons (Fsp3) is 0.292. The lowest BCUT2D eigenvalue weighted by Gasteiger charge is -2.15. The molecule has 168 valence electrons. The number of para-hydroxylation sites is 1. The number of hydrogen-bond donors (Lipinski definition) is 0. The summed E-state index contributed by atoms with van der Waals surface area (Å²) in [4.78, 5) is 39.1. The molecule has 0 saturated carbocycles. The molecule has 0 aliphatic rings. The molecule has 3 rings (SSSR count). The minimum atomic E-state index is -1.10. The number of ether oxygens (including phenoxy) is 3. The number of nitrogens with zero attached hydrogens (tertiary/aromatic N) is 2. The molecule has 1 unspecified atom stereocenters. The summed E-state index contributed by atoms with van der Waals surface area (Å²) in [7, 11) is 4.66. The molecule has 0 aliphatic heterocycles. The van der Waals surface area contributed by atoms with Crippen LogP contribution in [-0.2, 0) is 11.8 Å². The second-order valence-electron chi connectivity index (χ2n) is 7.17. The summed E-state index contributed by atoms with van der Waals surface area (Å²) in [6.07, 6.45) is -0.884. The van der Waals surface area contributed by atoms with Crippen LogP contribution in [0.15, 0.2) is 53.3 Å². The molecule has 1 atom stereocenters. The second kappa shape index (κ2) is 9.55. The number of aromatic nitrogens is 2. The minimum absolute atomic E-state index is 0.00307. The van der Waals surface area contributed by atoms with E-state index < -0.39 is 23.4 Å². The van der Waals surface area contributed by atoms with E-state index in [1.165, 1.54) is 31.0 Å². The number of carbonyl (C=O) groups is 2. The molecule has 1 aromatic heterocycles. The van der Waals surface area contributed by atoms with Gasteiger partial charge in [0.1, 0.15) is 5.56 Å². The van der Waals surface area contributed by atoms with Crippen LogP contribution >= 0.6 is 0 Å². The molecule has 0 radical (unpaired) electrons. The van der Waals surface area contributed by atoms with Crippen LogP contribution in [0.4, 0.5) is 0 Å². The van der Waals surface area contributed by atoms with Crippen LogP contribution in [0.25, 0.3) is 5.69 Å². The Morgan fingerprint density at radius 2 is 1.66 bits per heavy atom. The third kappa shape index (κ3) is 4.16. The van der Waals surface area contributed by atoms with Crippen molar-refractivity contribution in [1.82, 2.24) is 9.36 Å². The van der Waals surface area contributed by atoms with Crippen molar-refractivity contribution >= 4 is 11.8 Å². The fourth-order valence-electron chi connectivity index (χ4n) is 3.50. The van der Waals surface area contributed by atoms with Gasteiger partial charge in [0.2, 0.25) is 5.78 Å². The van der Waals surface area contributed by atoms with Gasteiger partial charge < -0.3 is 14.2 Å². The molecule has 0 bridgehead atoms. The Hall–Kier alpha value is -3.81. The van der Waals surface area contributed by atoms with E-state index in [2.05, 4.69) is 0 Å². The maximum absolute atomic E-state index is 13.3. The zero-order valence-corrected chi connectivity index (χ0v) is 18.7. The van der Waals surface area contributed by atoms with Gasteiger partial charge >= 0.3 is 5.97 Å². The number of methoxy groups -OCH3 is 2. The molecule has 2 aromatic carbocycles. The van der Waals surface area contributed by atoms with Crippen LogP contribution in [0.3, 0.4) is 0 Å². The Morgan fingerprint density at radius 1 is 1.00 bits per heavy atom. The maximum Gasteiger partial charge on any atom is 0.338 e. The Kier molecular flexibility index (Phi) is 6.82. The first-order chi connectivity index (χ1) is 15.3. The molecule has 8 heteroatoms. The smallest absolute Gasteiger partial charge is 0.338 e. The SMILES string of the molecule is CCC(OC(=O)c1ccc(OC)c(OC)c1)C(=O)c1c(C)n(C)n(-c2ccccc2)c1=O. The summed E-state index contributed by atoms with van der Waals surface area (Å²) in [5.41, 5.74) is 0.882. The summed E-state index contributed by atoms with van der Waals surface area (Å²) >= 11 is 0. The molecule has 0 N–H and O–H groups in total. The van der Waals surface area contributed by atoms with Gasteiger partial charge in [-0.25, -0.2) is 9.48 Å². The maximum atomic E-state index is 13.3. The highest BCUT2D eigenvalue weighted by atomic mass is 16.5. The largest absolute Gasteiger partial charge is 0.493 e. The average Bonchev–Trinajstić information content (AvgIpc) is 3.04. The number of benzene rings is 2.